The van der Waals surface area contributed by atoms with Crippen molar-refractivity contribution in [1.29, 1.82) is 0 Å². The predicted octanol–water partition coefficient (Wildman–Crippen LogP) is 2.10. The average molecular weight is 368 g/mol. The number of aliphatic hydroxyl groups is 3. The molecule has 6 atom stereocenters. The van der Waals surface area contributed by atoms with Gasteiger partial charge in [-0.25, -0.2) is 4.79 Å². The van der Waals surface area contributed by atoms with E-state index in [1.165, 1.54) is 13.2 Å². The number of allylic oxidation sites excluding steroid dienone is 1. The van der Waals surface area contributed by atoms with E-state index in [9.17, 15) is 20.1 Å². The van der Waals surface area contributed by atoms with E-state index in [-0.39, 0.29) is 12.3 Å². The van der Waals surface area contributed by atoms with E-state index < -0.39 is 36.3 Å². The quantitative estimate of drug-likeness (QED) is 0.426. The van der Waals surface area contributed by atoms with E-state index in [1.807, 2.05) is 26.8 Å². The Kier molecular flexibility index (Phi) is 9.05. The lowest BCUT2D eigenvalue weighted by Gasteiger charge is -2.28. The van der Waals surface area contributed by atoms with Crippen LogP contribution in [0.4, 0.5) is 0 Å². The molecule has 26 heavy (non-hydrogen) atoms. The minimum absolute atomic E-state index is 0.154. The van der Waals surface area contributed by atoms with Crippen molar-refractivity contribution in [2.75, 3.05) is 7.11 Å². The molecule has 0 aromatic rings. The summed E-state index contributed by atoms with van der Waals surface area (Å²) in [4.78, 5) is 11.5. The predicted molar refractivity (Wildman–Crippen MR) is 99.1 cm³/mol. The van der Waals surface area contributed by atoms with Gasteiger partial charge < -0.3 is 24.8 Å². The summed E-state index contributed by atoms with van der Waals surface area (Å²) in [7, 11) is 1.49. The van der Waals surface area contributed by atoms with E-state index >= 15 is 0 Å². The van der Waals surface area contributed by atoms with Crippen molar-refractivity contribution >= 4 is 5.97 Å². The molecule has 0 fully saturated rings. The molecule has 0 radical (unpaired) electrons. The molecule has 0 aromatic carbocycles. The molecule has 0 aliphatic carbocycles. The van der Waals surface area contributed by atoms with E-state index in [4.69, 9.17) is 9.47 Å². The smallest absolute Gasteiger partial charge is 0.334 e. The zero-order valence-electron chi connectivity index (χ0n) is 16.3. The highest BCUT2D eigenvalue weighted by Crippen LogP contribution is 2.24. The van der Waals surface area contributed by atoms with Crippen LogP contribution in [0.1, 0.15) is 40.5 Å². The van der Waals surface area contributed by atoms with Crippen LogP contribution in [0.2, 0.25) is 0 Å². The molecule has 1 rings (SSSR count). The first kappa shape index (κ1) is 22.4. The van der Waals surface area contributed by atoms with Crippen molar-refractivity contribution in [3.63, 3.8) is 0 Å². The Hall–Kier alpha value is -1.63. The van der Waals surface area contributed by atoms with Gasteiger partial charge in [0.15, 0.2) is 0 Å². The Balaban J connectivity index is 2.59. The number of carbonyl (C=O) groups excluding carboxylic acids is 1. The molecule has 6 nitrogen and oxygen atoms in total. The third-order valence-electron chi connectivity index (χ3n) is 4.93. The van der Waals surface area contributed by atoms with Crippen molar-refractivity contribution in [3.8, 4) is 0 Å². The van der Waals surface area contributed by atoms with Crippen molar-refractivity contribution in [3.05, 3.63) is 35.6 Å². The van der Waals surface area contributed by atoms with Crippen LogP contribution in [0.3, 0.4) is 0 Å². The van der Waals surface area contributed by atoms with Crippen LogP contribution in [0.25, 0.3) is 0 Å². The molecule has 0 amide bonds. The first-order chi connectivity index (χ1) is 12.2. The molecule has 1 aliphatic rings. The summed E-state index contributed by atoms with van der Waals surface area (Å²) in [5.41, 5.74) is 0.867. The largest absolute Gasteiger partial charge is 0.501 e. The summed E-state index contributed by atoms with van der Waals surface area (Å²) in [6.45, 7) is 7.31. The number of hydrogen-bond acceptors (Lipinski definition) is 6. The van der Waals surface area contributed by atoms with Crippen molar-refractivity contribution in [1.82, 2.24) is 0 Å². The van der Waals surface area contributed by atoms with E-state index in [0.717, 1.165) is 5.57 Å². The summed E-state index contributed by atoms with van der Waals surface area (Å²) >= 11 is 0. The Morgan fingerprint density at radius 2 is 2.00 bits per heavy atom. The lowest BCUT2D eigenvalue weighted by Crippen LogP contribution is -2.34. The average Bonchev–Trinajstić information content (AvgIpc) is 2.62. The lowest BCUT2D eigenvalue weighted by atomic mass is 9.90. The number of rotatable bonds is 9. The first-order valence-electron chi connectivity index (χ1n) is 9.00. The third kappa shape index (κ3) is 6.59. The standard InChI is InChI=1S/C20H32O6/c1-6-12(2)20(24)13(3)7-8-17(21)14(4)18(22)10-16-9-15(25-5)11-19(23)26-16/h6-8,11,13-14,16-18,20-22,24H,9-10H2,1-5H3/b8-7+,12-6+/t13-,14+,16-,17-,18-,20-/m0/s1. The Morgan fingerprint density at radius 3 is 2.58 bits per heavy atom. The van der Waals surface area contributed by atoms with Crippen LogP contribution in [0.5, 0.6) is 0 Å². The fraction of sp³-hybridized carbons (Fsp3) is 0.650. The number of carbonyl (C=O) groups is 1. The fourth-order valence-electron chi connectivity index (χ4n) is 2.80. The first-order valence-corrected chi connectivity index (χ1v) is 9.00. The van der Waals surface area contributed by atoms with Crippen LogP contribution in [-0.4, -0.2) is 52.8 Å². The van der Waals surface area contributed by atoms with Crippen molar-refractivity contribution < 1.29 is 29.6 Å². The number of aliphatic hydroxyl groups excluding tert-OH is 3. The van der Waals surface area contributed by atoms with Gasteiger partial charge in [0.05, 0.1) is 31.5 Å². The lowest BCUT2D eigenvalue weighted by molar-refractivity contribution is -0.147. The Morgan fingerprint density at radius 1 is 1.35 bits per heavy atom. The summed E-state index contributed by atoms with van der Waals surface area (Å²) < 4.78 is 10.3. The second-order valence-corrected chi connectivity index (χ2v) is 6.95. The monoisotopic (exact) mass is 368 g/mol. The molecule has 3 N–H and O–H groups in total. The number of ether oxygens (including phenoxy) is 2. The molecule has 0 saturated carbocycles. The maximum atomic E-state index is 11.5. The van der Waals surface area contributed by atoms with Gasteiger partial charge in [-0.05, 0) is 19.4 Å². The van der Waals surface area contributed by atoms with Gasteiger partial charge in [0.2, 0.25) is 0 Å². The van der Waals surface area contributed by atoms with Crippen LogP contribution < -0.4 is 0 Å². The number of esters is 1. The SMILES string of the molecule is C/C=C(\C)[C@H](O)[C@@H](C)/C=C/[C@H](O)[C@@H](C)[C@@H](O)C[C@@H]1CC(OC)=CC(=O)O1. The molecule has 0 bridgehead atoms. The highest BCUT2D eigenvalue weighted by molar-refractivity contribution is 5.83. The Labute approximate surface area is 155 Å². The van der Waals surface area contributed by atoms with Crippen LogP contribution in [0.15, 0.2) is 35.6 Å². The van der Waals surface area contributed by atoms with E-state index in [1.54, 1.807) is 19.1 Å². The summed E-state index contributed by atoms with van der Waals surface area (Å²) in [5, 5.41) is 30.8. The van der Waals surface area contributed by atoms with Gasteiger partial charge in [0.1, 0.15) is 11.9 Å². The molecule has 0 spiro atoms. The van der Waals surface area contributed by atoms with E-state index in [0.29, 0.717) is 12.2 Å². The van der Waals surface area contributed by atoms with Gasteiger partial charge in [-0.1, -0.05) is 32.1 Å². The van der Waals surface area contributed by atoms with Gasteiger partial charge in [-0.2, -0.15) is 0 Å². The highest BCUT2D eigenvalue weighted by Gasteiger charge is 2.29. The molecule has 1 aliphatic heterocycles. The topological polar surface area (TPSA) is 96.2 Å². The zero-order chi connectivity index (χ0) is 19.9. The van der Waals surface area contributed by atoms with Gasteiger partial charge >= 0.3 is 5.97 Å². The summed E-state index contributed by atoms with van der Waals surface area (Å²) in [6, 6.07) is 0. The maximum absolute atomic E-state index is 11.5. The van der Waals surface area contributed by atoms with Gasteiger partial charge in [-0.3, -0.25) is 0 Å². The summed E-state index contributed by atoms with van der Waals surface area (Å²) in [5.74, 6) is -0.567. The van der Waals surface area contributed by atoms with Crippen LogP contribution >= 0.6 is 0 Å². The maximum Gasteiger partial charge on any atom is 0.334 e. The molecule has 0 aromatic heterocycles. The normalized spacial score (nSPS) is 24.5. The number of hydrogen-bond donors (Lipinski definition) is 3. The second-order valence-electron chi connectivity index (χ2n) is 6.95. The second kappa shape index (κ2) is 10.5. The van der Waals surface area contributed by atoms with Crippen LogP contribution in [0, 0.1) is 11.8 Å². The third-order valence-corrected chi connectivity index (χ3v) is 4.93. The number of cyclic esters (lactones) is 1. The van der Waals surface area contributed by atoms with Crippen molar-refractivity contribution in [2.45, 2.75) is 65.0 Å². The molecule has 0 saturated heterocycles. The summed E-state index contributed by atoms with van der Waals surface area (Å²) in [6.07, 6.45) is 4.31. The Bertz CT molecular complexity index is 551. The van der Waals surface area contributed by atoms with E-state index in [2.05, 4.69) is 0 Å². The van der Waals surface area contributed by atoms with Gasteiger partial charge in [-0.15, -0.1) is 0 Å². The molecule has 148 valence electrons. The molecule has 1 heterocycles. The minimum atomic E-state index is -0.873. The zero-order valence-corrected chi connectivity index (χ0v) is 16.3. The van der Waals surface area contributed by atoms with Gasteiger partial charge in [0, 0.05) is 24.7 Å². The molecular formula is C20H32O6. The molecule has 0 unspecified atom stereocenters. The number of methoxy groups -OCH3 is 1. The van der Waals surface area contributed by atoms with Gasteiger partial charge in [0.25, 0.3) is 0 Å². The minimum Gasteiger partial charge on any atom is -0.501 e. The van der Waals surface area contributed by atoms with Crippen molar-refractivity contribution in [2.24, 2.45) is 11.8 Å². The molecule has 6 heteroatoms. The van der Waals surface area contributed by atoms with Crippen LogP contribution in [-0.2, 0) is 14.3 Å². The fourth-order valence-corrected chi connectivity index (χ4v) is 2.80. The highest BCUT2D eigenvalue weighted by atomic mass is 16.6. The molecular weight excluding hydrogens is 336 g/mol.